The summed E-state index contributed by atoms with van der Waals surface area (Å²) in [5.74, 6) is -2.17. The summed E-state index contributed by atoms with van der Waals surface area (Å²) in [6, 6.07) is 2.47. The molecule has 0 saturated carbocycles. The fourth-order valence-corrected chi connectivity index (χ4v) is 5.46. The van der Waals surface area contributed by atoms with Crippen LogP contribution in [0.25, 0.3) is 0 Å². The van der Waals surface area contributed by atoms with Crippen molar-refractivity contribution in [2.24, 2.45) is 5.92 Å². The number of piperidine rings is 1. The van der Waals surface area contributed by atoms with Crippen molar-refractivity contribution < 1.29 is 36.7 Å². The number of esters is 2. The molecule has 0 atom stereocenters. The molecule has 1 aliphatic heterocycles. The number of amides is 1. The van der Waals surface area contributed by atoms with Gasteiger partial charge in [-0.3, -0.25) is 4.79 Å². The highest BCUT2D eigenvalue weighted by Gasteiger charge is 2.34. The lowest BCUT2D eigenvalue weighted by molar-refractivity contribution is -0.120. The number of aryl methyl sites for hydroxylation is 1. The maximum absolute atomic E-state index is 12.8. The Bertz CT molecular complexity index is 1110. The average Bonchev–Trinajstić information content (AvgIpc) is 3.41. The first-order valence-electron chi connectivity index (χ1n) is 9.81. The zero-order chi connectivity index (χ0) is 23.5. The second-order valence-electron chi connectivity index (χ2n) is 6.93. The van der Waals surface area contributed by atoms with E-state index in [4.69, 9.17) is 9.15 Å². The van der Waals surface area contributed by atoms with Crippen molar-refractivity contribution in [3.63, 3.8) is 0 Å². The lowest BCUT2D eigenvalue weighted by atomic mass is 9.97. The Hall–Kier alpha value is -2.77. The first kappa shape index (κ1) is 23.9. The number of rotatable bonds is 7. The zero-order valence-electron chi connectivity index (χ0n) is 17.7. The minimum absolute atomic E-state index is 0.111. The molecule has 1 N–H and O–H groups in total. The number of methoxy groups -OCH3 is 1. The number of furan rings is 1. The molecule has 1 aliphatic rings. The average molecular weight is 486 g/mol. The van der Waals surface area contributed by atoms with Crippen molar-refractivity contribution in [1.29, 1.82) is 0 Å². The monoisotopic (exact) mass is 485 g/mol. The van der Waals surface area contributed by atoms with E-state index in [0.717, 1.165) is 11.3 Å². The molecular formula is C19H23N3O8S2. The molecular weight excluding hydrogens is 462 g/mol. The highest BCUT2D eigenvalue weighted by atomic mass is 32.2. The predicted molar refractivity (Wildman–Crippen MR) is 113 cm³/mol. The third-order valence-electron chi connectivity index (χ3n) is 4.87. The molecule has 1 saturated heterocycles. The van der Waals surface area contributed by atoms with Crippen LogP contribution in [0.15, 0.2) is 21.6 Å². The number of sulfonamides is 1. The molecule has 0 unspecified atom stereocenters. The van der Waals surface area contributed by atoms with Crippen LogP contribution in [0, 0.1) is 12.8 Å². The number of hydrogen-bond acceptors (Lipinski definition) is 10. The predicted octanol–water partition coefficient (Wildman–Crippen LogP) is 2.05. The summed E-state index contributed by atoms with van der Waals surface area (Å²) < 4.78 is 41.5. The van der Waals surface area contributed by atoms with E-state index in [1.54, 1.807) is 13.8 Å². The highest BCUT2D eigenvalue weighted by Crippen LogP contribution is 2.28. The lowest BCUT2D eigenvalue weighted by Crippen LogP contribution is -2.41. The van der Waals surface area contributed by atoms with Crippen LogP contribution in [0.3, 0.4) is 0 Å². The Morgan fingerprint density at radius 3 is 2.56 bits per heavy atom. The molecule has 11 nitrogen and oxygen atoms in total. The highest BCUT2D eigenvalue weighted by molar-refractivity contribution is 7.89. The lowest BCUT2D eigenvalue weighted by Gasteiger charge is -2.29. The van der Waals surface area contributed by atoms with Gasteiger partial charge in [-0.25, -0.2) is 23.0 Å². The molecule has 0 bridgehead atoms. The third kappa shape index (κ3) is 5.00. The van der Waals surface area contributed by atoms with Gasteiger partial charge in [-0.1, -0.05) is 11.3 Å². The first-order chi connectivity index (χ1) is 15.2. The maximum atomic E-state index is 12.8. The van der Waals surface area contributed by atoms with Crippen LogP contribution in [0.4, 0.5) is 5.13 Å². The van der Waals surface area contributed by atoms with Gasteiger partial charge in [-0.05, 0) is 38.8 Å². The van der Waals surface area contributed by atoms with E-state index < -0.39 is 27.9 Å². The van der Waals surface area contributed by atoms with E-state index in [-0.39, 0.29) is 41.6 Å². The van der Waals surface area contributed by atoms with E-state index in [1.807, 2.05) is 0 Å². The molecule has 3 rings (SSSR count). The van der Waals surface area contributed by atoms with Gasteiger partial charge in [0.1, 0.15) is 4.88 Å². The third-order valence-corrected chi connectivity index (χ3v) is 7.70. The van der Waals surface area contributed by atoms with Gasteiger partial charge in [0, 0.05) is 19.0 Å². The Labute approximate surface area is 188 Å². The molecule has 32 heavy (non-hydrogen) atoms. The number of ether oxygens (including phenoxy) is 2. The quantitative estimate of drug-likeness (QED) is 0.582. The van der Waals surface area contributed by atoms with Gasteiger partial charge in [-0.2, -0.15) is 4.31 Å². The molecule has 0 spiro atoms. The topological polar surface area (TPSA) is 145 Å². The summed E-state index contributed by atoms with van der Waals surface area (Å²) in [4.78, 5) is 40.5. The van der Waals surface area contributed by atoms with Crippen molar-refractivity contribution in [2.75, 3.05) is 32.1 Å². The largest absolute Gasteiger partial charge is 0.465 e. The van der Waals surface area contributed by atoms with Gasteiger partial charge in [-0.15, -0.1) is 0 Å². The summed E-state index contributed by atoms with van der Waals surface area (Å²) in [6.07, 6.45) is 0.593. The summed E-state index contributed by atoms with van der Waals surface area (Å²) in [7, 11) is -2.68. The Balaban J connectivity index is 1.60. The molecule has 13 heteroatoms. The summed E-state index contributed by atoms with van der Waals surface area (Å²) in [5.41, 5.74) is 0.457. The van der Waals surface area contributed by atoms with Crippen LogP contribution < -0.4 is 5.32 Å². The second kappa shape index (κ2) is 9.79. The van der Waals surface area contributed by atoms with Gasteiger partial charge in [0.05, 0.1) is 19.4 Å². The van der Waals surface area contributed by atoms with Crippen LogP contribution in [0.5, 0.6) is 0 Å². The molecule has 2 aromatic rings. The van der Waals surface area contributed by atoms with E-state index in [2.05, 4.69) is 15.0 Å². The summed E-state index contributed by atoms with van der Waals surface area (Å²) in [6.45, 7) is 3.64. The summed E-state index contributed by atoms with van der Waals surface area (Å²) in [5, 5.41) is 2.62. The van der Waals surface area contributed by atoms with Gasteiger partial charge < -0.3 is 19.2 Å². The summed E-state index contributed by atoms with van der Waals surface area (Å²) >= 11 is 1.02. The molecule has 1 fully saturated rings. The normalized spacial score (nSPS) is 15.3. The van der Waals surface area contributed by atoms with Crippen molar-refractivity contribution in [1.82, 2.24) is 9.29 Å². The number of carbonyl (C=O) groups excluding carboxylic acids is 3. The molecule has 0 aliphatic carbocycles. The molecule has 3 heterocycles. The van der Waals surface area contributed by atoms with Crippen LogP contribution in [-0.4, -0.2) is 62.4 Å². The second-order valence-corrected chi connectivity index (χ2v) is 9.80. The molecule has 0 radical (unpaired) electrons. The number of hydrogen-bond donors (Lipinski definition) is 1. The van der Waals surface area contributed by atoms with Gasteiger partial charge in [0.15, 0.2) is 5.13 Å². The minimum Gasteiger partial charge on any atom is -0.465 e. The van der Waals surface area contributed by atoms with E-state index in [9.17, 15) is 22.8 Å². The first-order valence-corrected chi connectivity index (χ1v) is 12.1. The van der Waals surface area contributed by atoms with Crippen molar-refractivity contribution in [2.45, 2.75) is 31.8 Å². The van der Waals surface area contributed by atoms with Gasteiger partial charge >= 0.3 is 11.9 Å². The Morgan fingerprint density at radius 1 is 1.25 bits per heavy atom. The zero-order valence-corrected chi connectivity index (χ0v) is 19.4. The molecule has 1 amide bonds. The molecule has 174 valence electrons. The number of nitrogens with zero attached hydrogens (tertiary/aromatic N) is 2. The Kier molecular flexibility index (Phi) is 7.31. The fourth-order valence-electron chi connectivity index (χ4n) is 3.20. The van der Waals surface area contributed by atoms with Crippen LogP contribution in [-0.2, 0) is 24.3 Å². The smallest absolute Gasteiger partial charge is 0.374 e. The maximum Gasteiger partial charge on any atom is 0.374 e. The number of carbonyl (C=O) groups is 3. The van der Waals surface area contributed by atoms with Crippen molar-refractivity contribution >= 4 is 44.3 Å². The van der Waals surface area contributed by atoms with Crippen LogP contribution in [0.1, 0.15) is 45.7 Å². The standard InChI is InChI=1S/C19H23N3O8S2/c1-4-29-17(24)13-5-6-14(30-13)32(26,27)22-9-7-12(8-10-22)16(23)21-19-20-11(2)15(31-19)18(25)28-3/h5-6,12H,4,7-10H2,1-3H3,(H,20,21,23). The van der Waals surface area contributed by atoms with Crippen molar-refractivity contribution in [3.8, 4) is 0 Å². The van der Waals surface area contributed by atoms with Crippen LogP contribution >= 0.6 is 11.3 Å². The van der Waals surface area contributed by atoms with E-state index in [1.165, 1.54) is 23.5 Å². The van der Waals surface area contributed by atoms with Gasteiger partial charge in [0.25, 0.3) is 10.0 Å². The SMILES string of the molecule is CCOC(=O)c1ccc(S(=O)(=O)N2CCC(C(=O)Nc3nc(C)c(C(=O)OC)s3)CC2)o1. The minimum atomic E-state index is -3.95. The number of aromatic nitrogens is 1. The Morgan fingerprint density at radius 2 is 1.94 bits per heavy atom. The van der Waals surface area contributed by atoms with Crippen molar-refractivity contribution in [3.05, 3.63) is 28.5 Å². The molecule has 0 aromatic carbocycles. The molecule has 2 aromatic heterocycles. The van der Waals surface area contributed by atoms with Gasteiger partial charge in [0.2, 0.25) is 16.8 Å². The van der Waals surface area contributed by atoms with E-state index in [0.29, 0.717) is 23.4 Å². The van der Waals surface area contributed by atoms with E-state index >= 15 is 0 Å². The fraction of sp³-hybridized carbons (Fsp3) is 0.474. The number of nitrogens with one attached hydrogen (secondary N) is 1. The number of thiazole rings is 1. The van der Waals surface area contributed by atoms with Crippen LogP contribution in [0.2, 0.25) is 0 Å². The number of anilines is 1.